The summed E-state index contributed by atoms with van der Waals surface area (Å²) in [4.78, 5) is 16.2. The van der Waals surface area contributed by atoms with E-state index in [1.807, 2.05) is 11.9 Å². The first kappa shape index (κ1) is 12.7. The van der Waals surface area contributed by atoms with Crippen molar-refractivity contribution in [2.75, 3.05) is 20.1 Å². The molecule has 2 unspecified atom stereocenters. The summed E-state index contributed by atoms with van der Waals surface area (Å²) in [5.41, 5.74) is 2.85. The Morgan fingerprint density at radius 1 is 1.26 bits per heavy atom. The maximum absolute atomic E-state index is 11.7. The number of hydrogen-bond acceptors (Lipinski definition) is 2. The summed E-state index contributed by atoms with van der Waals surface area (Å²) in [7, 11) is 1.95. The summed E-state index contributed by atoms with van der Waals surface area (Å²) in [6.45, 7) is 4.01. The third-order valence-electron chi connectivity index (χ3n) is 4.70. The van der Waals surface area contributed by atoms with Crippen molar-refractivity contribution in [1.29, 1.82) is 0 Å². The van der Waals surface area contributed by atoms with Crippen LogP contribution in [-0.4, -0.2) is 41.9 Å². The van der Waals surface area contributed by atoms with Gasteiger partial charge in [-0.15, -0.1) is 0 Å². The molecule has 1 heterocycles. The third kappa shape index (κ3) is 2.16. The summed E-state index contributed by atoms with van der Waals surface area (Å²) in [5.74, 6) is 0.169. The number of likely N-dealkylation sites (tertiary alicyclic amines) is 1. The Hall–Kier alpha value is -1.35. The molecule has 1 saturated heterocycles. The number of fused-ring (bicyclic) bond motifs is 1. The van der Waals surface area contributed by atoms with E-state index in [4.69, 9.17) is 0 Å². The van der Waals surface area contributed by atoms with Crippen LogP contribution in [0.1, 0.15) is 36.9 Å². The second kappa shape index (κ2) is 4.97. The van der Waals surface area contributed by atoms with Crippen LogP contribution in [0.15, 0.2) is 24.3 Å². The second-order valence-corrected chi connectivity index (χ2v) is 5.79. The molecule has 3 rings (SSSR count). The van der Waals surface area contributed by atoms with Crippen molar-refractivity contribution in [2.45, 2.75) is 38.3 Å². The molecule has 0 saturated carbocycles. The molecule has 1 aromatic carbocycles. The molecule has 1 aromatic rings. The highest BCUT2D eigenvalue weighted by molar-refractivity contribution is 5.73. The summed E-state index contributed by atoms with van der Waals surface area (Å²) in [6, 6.07) is 9.38. The first-order chi connectivity index (χ1) is 9.18. The SMILES string of the molecule is CC(=O)N(C)C1Cc2ccccc2C1N1CCCC1. The lowest BCUT2D eigenvalue weighted by atomic mass is 10.0. The van der Waals surface area contributed by atoms with Crippen LogP contribution < -0.4 is 0 Å². The standard InChI is InChI=1S/C16H22N2O/c1-12(19)17(2)15-11-13-7-3-4-8-14(13)16(15)18-9-5-6-10-18/h3-4,7-8,15-16H,5-6,9-11H2,1-2H3. The van der Waals surface area contributed by atoms with Crippen LogP contribution in [0.25, 0.3) is 0 Å². The molecular formula is C16H22N2O. The Morgan fingerprint density at radius 3 is 2.63 bits per heavy atom. The third-order valence-corrected chi connectivity index (χ3v) is 4.70. The normalized spacial score (nSPS) is 26.4. The van der Waals surface area contributed by atoms with Gasteiger partial charge in [0, 0.05) is 14.0 Å². The average molecular weight is 258 g/mol. The number of hydrogen-bond donors (Lipinski definition) is 0. The van der Waals surface area contributed by atoms with E-state index in [-0.39, 0.29) is 5.91 Å². The molecule has 0 aromatic heterocycles. The van der Waals surface area contributed by atoms with Crippen LogP contribution in [0.5, 0.6) is 0 Å². The molecule has 2 atom stereocenters. The second-order valence-electron chi connectivity index (χ2n) is 5.79. The number of carbonyl (C=O) groups excluding carboxylic acids is 1. The molecule has 1 amide bonds. The number of carbonyl (C=O) groups is 1. The van der Waals surface area contributed by atoms with Gasteiger partial charge < -0.3 is 4.90 Å². The smallest absolute Gasteiger partial charge is 0.219 e. The summed E-state index contributed by atoms with van der Waals surface area (Å²) >= 11 is 0. The van der Waals surface area contributed by atoms with Gasteiger partial charge in [-0.1, -0.05) is 24.3 Å². The zero-order chi connectivity index (χ0) is 13.4. The lowest BCUT2D eigenvalue weighted by Crippen LogP contribution is -2.44. The molecule has 0 bridgehead atoms. The fourth-order valence-corrected chi connectivity index (χ4v) is 3.59. The van der Waals surface area contributed by atoms with Gasteiger partial charge in [0.25, 0.3) is 0 Å². The van der Waals surface area contributed by atoms with Gasteiger partial charge in [0.05, 0.1) is 12.1 Å². The lowest BCUT2D eigenvalue weighted by Gasteiger charge is -2.35. The maximum atomic E-state index is 11.7. The van der Waals surface area contributed by atoms with Crippen LogP contribution in [-0.2, 0) is 11.2 Å². The van der Waals surface area contributed by atoms with E-state index in [2.05, 4.69) is 29.2 Å². The van der Waals surface area contributed by atoms with Gasteiger partial charge >= 0.3 is 0 Å². The van der Waals surface area contributed by atoms with Gasteiger partial charge in [0.2, 0.25) is 5.91 Å². The van der Waals surface area contributed by atoms with E-state index < -0.39 is 0 Å². The summed E-state index contributed by atoms with van der Waals surface area (Å²) < 4.78 is 0. The first-order valence-electron chi connectivity index (χ1n) is 7.23. The van der Waals surface area contributed by atoms with Crippen LogP contribution in [0.4, 0.5) is 0 Å². The Morgan fingerprint density at radius 2 is 1.95 bits per heavy atom. The minimum absolute atomic E-state index is 0.169. The average Bonchev–Trinajstić information content (AvgIpc) is 3.03. The van der Waals surface area contributed by atoms with Crippen molar-refractivity contribution < 1.29 is 4.79 Å². The van der Waals surface area contributed by atoms with E-state index in [1.165, 1.54) is 37.1 Å². The van der Waals surface area contributed by atoms with Gasteiger partial charge in [0.1, 0.15) is 0 Å². The maximum Gasteiger partial charge on any atom is 0.219 e. The first-order valence-corrected chi connectivity index (χ1v) is 7.23. The molecule has 1 aliphatic heterocycles. The molecule has 0 radical (unpaired) electrons. The fraction of sp³-hybridized carbons (Fsp3) is 0.562. The van der Waals surface area contributed by atoms with E-state index in [0.29, 0.717) is 12.1 Å². The van der Waals surface area contributed by atoms with Gasteiger partial charge in [0.15, 0.2) is 0 Å². The molecule has 3 heteroatoms. The van der Waals surface area contributed by atoms with Crippen LogP contribution in [0, 0.1) is 0 Å². The van der Waals surface area contributed by atoms with Crippen LogP contribution in [0.3, 0.4) is 0 Å². The fourth-order valence-electron chi connectivity index (χ4n) is 3.59. The van der Waals surface area contributed by atoms with Gasteiger partial charge in [-0.05, 0) is 43.5 Å². The quantitative estimate of drug-likeness (QED) is 0.812. The van der Waals surface area contributed by atoms with Gasteiger partial charge in [-0.25, -0.2) is 0 Å². The zero-order valence-corrected chi connectivity index (χ0v) is 11.8. The monoisotopic (exact) mass is 258 g/mol. The predicted molar refractivity (Wildman–Crippen MR) is 75.9 cm³/mol. The number of benzene rings is 1. The minimum atomic E-state index is 0.169. The zero-order valence-electron chi connectivity index (χ0n) is 11.8. The molecule has 0 spiro atoms. The Bertz CT molecular complexity index is 479. The summed E-state index contributed by atoms with van der Waals surface area (Å²) in [6.07, 6.45) is 3.57. The Labute approximate surface area is 115 Å². The molecule has 3 nitrogen and oxygen atoms in total. The van der Waals surface area contributed by atoms with Crippen molar-refractivity contribution in [3.05, 3.63) is 35.4 Å². The number of nitrogens with zero attached hydrogens (tertiary/aromatic N) is 2. The summed E-state index contributed by atoms with van der Waals surface area (Å²) in [5, 5.41) is 0. The van der Waals surface area contributed by atoms with E-state index in [0.717, 1.165) is 6.42 Å². The molecule has 19 heavy (non-hydrogen) atoms. The predicted octanol–water partition coefficient (Wildman–Crippen LogP) is 2.23. The molecule has 1 aliphatic carbocycles. The largest absolute Gasteiger partial charge is 0.341 e. The molecule has 2 aliphatic rings. The Kier molecular flexibility index (Phi) is 3.31. The number of amides is 1. The number of likely N-dealkylation sites (N-methyl/N-ethyl adjacent to an activating group) is 1. The van der Waals surface area contributed by atoms with E-state index in [1.54, 1.807) is 6.92 Å². The Balaban J connectivity index is 1.95. The lowest BCUT2D eigenvalue weighted by molar-refractivity contribution is -0.130. The van der Waals surface area contributed by atoms with Gasteiger partial charge in [-0.2, -0.15) is 0 Å². The molecule has 1 fully saturated rings. The van der Waals surface area contributed by atoms with Crippen molar-refractivity contribution in [3.63, 3.8) is 0 Å². The highest BCUT2D eigenvalue weighted by atomic mass is 16.2. The number of rotatable bonds is 2. The van der Waals surface area contributed by atoms with E-state index in [9.17, 15) is 4.79 Å². The van der Waals surface area contributed by atoms with E-state index >= 15 is 0 Å². The van der Waals surface area contributed by atoms with Crippen molar-refractivity contribution in [2.24, 2.45) is 0 Å². The van der Waals surface area contributed by atoms with Crippen LogP contribution in [0.2, 0.25) is 0 Å². The van der Waals surface area contributed by atoms with Crippen molar-refractivity contribution >= 4 is 5.91 Å². The molecule has 0 N–H and O–H groups in total. The highest BCUT2D eigenvalue weighted by Crippen LogP contribution is 2.39. The van der Waals surface area contributed by atoms with Crippen molar-refractivity contribution in [1.82, 2.24) is 9.80 Å². The van der Waals surface area contributed by atoms with Gasteiger partial charge in [-0.3, -0.25) is 9.69 Å². The van der Waals surface area contributed by atoms with Crippen LogP contribution >= 0.6 is 0 Å². The molecular weight excluding hydrogens is 236 g/mol. The minimum Gasteiger partial charge on any atom is -0.341 e. The van der Waals surface area contributed by atoms with Crippen molar-refractivity contribution in [3.8, 4) is 0 Å². The molecule has 102 valence electrons. The highest BCUT2D eigenvalue weighted by Gasteiger charge is 2.39. The topological polar surface area (TPSA) is 23.6 Å².